The molecule has 40 heavy (non-hydrogen) atoms. The van der Waals surface area contributed by atoms with Crippen molar-refractivity contribution in [2.45, 2.75) is 25.9 Å². The van der Waals surface area contributed by atoms with Crippen LogP contribution >= 0.6 is 11.3 Å². The lowest BCUT2D eigenvalue weighted by Gasteiger charge is -2.39. The van der Waals surface area contributed by atoms with Crippen LogP contribution in [0.1, 0.15) is 23.5 Å². The second-order valence-corrected chi connectivity index (χ2v) is 11.1. The van der Waals surface area contributed by atoms with Crippen LogP contribution in [-0.2, 0) is 11.3 Å². The number of likely N-dealkylation sites (tertiary alicyclic amines) is 1. The normalized spacial score (nSPS) is 14.0. The van der Waals surface area contributed by atoms with E-state index in [2.05, 4.69) is 25.8 Å². The predicted octanol–water partition coefficient (Wildman–Crippen LogP) is 3.69. The first-order chi connectivity index (χ1) is 19.1. The number of hydrogen-bond acceptors (Lipinski definition) is 7. The summed E-state index contributed by atoms with van der Waals surface area (Å²) >= 11 is 1.35. The van der Waals surface area contributed by atoms with Crippen LogP contribution in [0.15, 0.2) is 60.4 Å². The molecule has 4 heterocycles. The SMILES string of the molecule is CC(C)(/C=C(\C#N)C(=O)N1CC(Cn2c(NC(=O)c3ccc(-c4cn[nH]c4)s3)nc3ccccc32)C1)NC(=O)O. The molecular formula is C27H26N8O4S. The number of carbonyl (C=O) groups excluding carboxylic acids is 2. The molecule has 0 aliphatic carbocycles. The number of anilines is 1. The maximum atomic E-state index is 13.1. The minimum atomic E-state index is -1.25. The van der Waals surface area contributed by atoms with Gasteiger partial charge in [-0.3, -0.25) is 20.0 Å². The first kappa shape index (κ1) is 26.6. The molecule has 1 fully saturated rings. The van der Waals surface area contributed by atoms with Gasteiger partial charge in [0, 0.05) is 42.2 Å². The summed E-state index contributed by atoms with van der Waals surface area (Å²) in [6.45, 7) is 4.45. The Labute approximate surface area is 232 Å². The van der Waals surface area contributed by atoms with Gasteiger partial charge in [-0.05, 0) is 44.2 Å². The Bertz CT molecular complexity index is 1650. The Morgan fingerprint density at radius 3 is 2.73 bits per heavy atom. The number of hydrogen-bond donors (Lipinski definition) is 4. The van der Waals surface area contributed by atoms with Crippen LogP contribution in [0.4, 0.5) is 10.7 Å². The lowest BCUT2D eigenvalue weighted by Crippen LogP contribution is -2.52. The summed E-state index contributed by atoms with van der Waals surface area (Å²) in [4.78, 5) is 44.7. The molecule has 0 spiro atoms. The van der Waals surface area contributed by atoms with Crippen molar-refractivity contribution in [1.82, 2.24) is 30.0 Å². The highest BCUT2D eigenvalue weighted by Gasteiger charge is 2.34. The number of imidazole rings is 1. The molecule has 1 aromatic carbocycles. The molecule has 0 unspecified atom stereocenters. The molecular weight excluding hydrogens is 532 g/mol. The van der Waals surface area contributed by atoms with Crippen molar-refractivity contribution in [2.24, 2.45) is 5.92 Å². The average Bonchev–Trinajstić information content (AvgIpc) is 3.63. The molecule has 0 radical (unpaired) electrons. The standard InChI is InChI=1S/C27H26N8O4S/c1-27(2,33-26(38)39)9-17(10-28)24(37)34-13-16(14-34)15-35-20-6-4-3-5-19(20)31-25(35)32-23(36)22-8-7-21(40-22)18-11-29-30-12-18/h3-9,11-12,16,33H,13-15H2,1-2H3,(H,29,30)(H,38,39)(H,31,32,36)/b17-9+. The Morgan fingerprint density at radius 2 is 2.02 bits per heavy atom. The topological polar surface area (TPSA) is 169 Å². The van der Waals surface area contributed by atoms with Crippen LogP contribution in [0.5, 0.6) is 0 Å². The lowest BCUT2D eigenvalue weighted by molar-refractivity contribution is -0.133. The average molecular weight is 559 g/mol. The Hall–Kier alpha value is -4.96. The van der Waals surface area contributed by atoms with Crippen molar-refractivity contribution in [2.75, 3.05) is 18.4 Å². The predicted molar refractivity (Wildman–Crippen MR) is 149 cm³/mol. The number of carboxylic acid groups (broad SMARTS) is 1. The van der Waals surface area contributed by atoms with E-state index in [1.807, 2.05) is 41.0 Å². The third kappa shape index (κ3) is 5.57. The van der Waals surface area contributed by atoms with Crippen LogP contribution in [-0.4, -0.2) is 66.3 Å². The molecule has 12 nitrogen and oxygen atoms in total. The van der Waals surface area contributed by atoms with Crippen molar-refractivity contribution >= 4 is 46.2 Å². The van der Waals surface area contributed by atoms with Gasteiger partial charge in [0.1, 0.15) is 11.6 Å². The fourth-order valence-corrected chi connectivity index (χ4v) is 5.50. The van der Waals surface area contributed by atoms with Crippen LogP contribution in [0.25, 0.3) is 21.5 Å². The van der Waals surface area contributed by atoms with Crippen LogP contribution in [0.3, 0.4) is 0 Å². The van der Waals surface area contributed by atoms with Crippen molar-refractivity contribution in [3.8, 4) is 16.5 Å². The summed E-state index contributed by atoms with van der Waals surface area (Å²) in [7, 11) is 0. The highest BCUT2D eigenvalue weighted by molar-refractivity contribution is 7.17. The van der Waals surface area contributed by atoms with E-state index in [0.29, 0.717) is 30.5 Å². The van der Waals surface area contributed by atoms with Crippen LogP contribution in [0, 0.1) is 17.2 Å². The summed E-state index contributed by atoms with van der Waals surface area (Å²) < 4.78 is 1.94. The number of aromatic nitrogens is 4. The van der Waals surface area contributed by atoms with Gasteiger partial charge in [0.15, 0.2) is 0 Å². The number of benzene rings is 1. The van der Waals surface area contributed by atoms with Crippen LogP contribution in [0.2, 0.25) is 0 Å². The molecule has 1 saturated heterocycles. The third-order valence-electron chi connectivity index (χ3n) is 6.46. The molecule has 204 valence electrons. The van der Waals surface area contributed by atoms with Gasteiger partial charge in [-0.15, -0.1) is 11.3 Å². The van der Waals surface area contributed by atoms with E-state index in [9.17, 15) is 19.6 Å². The molecule has 0 saturated carbocycles. The number of nitrogens with zero attached hydrogens (tertiary/aromatic N) is 5. The number of rotatable bonds is 8. The second-order valence-electron chi connectivity index (χ2n) is 10.0. The van der Waals surface area contributed by atoms with Gasteiger partial charge in [-0.1, -0.05) is 12.1 Å². The molecule has 4 aromatic rings. The highest BCUT2D eigenvalue weighted by Crippen LogP contribution is 2.29. The van der Waals surface area contributed by atoms with E-state index in [0.717, 1.165) is 21.5 Å². The molecule has 1 aliphatic heterocycles. The first-order valence-electron chi connectivity index (χ1n) is 12.4. The van der Waals surface area contributed by atoms with Gasteiger partial charge >= 0.3 is 6.09 Å². The van der Waals surface area contributed by atoms with E-state index < -0.39 is 17.5 Å². The van der Waals surface area contributed by atoms with E-state index >= 15 is 0 Å². The zero-order valence-corrected chi connectivity index (χ0v) is 22.5. The van der Waals surface area contributed by atoms with Crippen molar-refractivity contribution in [1.29, 1.82) is 5.26 Å². The van der Waals surface area contributed by atoms with Crippen LogP contribution < -0.4 is 10.6 Å². The minimum absolute atomic E-state index is 0.0664. The van der Waals surface area contributed by atoms with Gasteiger partial charge in [0.05, 0.1) is 27.6 Å². The van der Waals surface area contributed by atoms with Gasteiger partial charge in [-0.2, -0.15) is 10.4 Å². The summed E-state index contributed by atoms with van der Waals surface area (Å²) in [5.74, 6) is -0.248. The summed E-state index contributed by atoms with van der Waals surface area (Å²) in [6.07, 6.45) is 3.55. The van der Waals surface area contributed by atoms with Gasteiger partial charge in [0.25, 0.3) is 11.8 Å². The number of H-pyrrole nitrogens is 1. The Balaban J connectivity index is 1.29. The second kappa shape index (κ2) is 10.7. The molecule has 0 bridgehead atoms. The van der Waals surface area contributed by atoms with E-state index in [1.54, 1.807) is 37.2 Å². The highest BCUT2D eigenvalue weighted by atomic mass is 32.1. The van der Waals surface area contributed by atoms with Crippen molar-refractivity contribution < 1.29 is 19.5 Å². The molecule has 4 N–H and O–H groups in total. The minimum Gasteiger partial charge on any atom is -0.465 e. The van der Waals surface area contributed by atoms with E-state index in [4.69, 9.17) is 5.11 Å². The number of para-hydroxylation sites is 2. The molecule has 0 atom stereocenters. The maximum absolute atomic E-state index is 13.1. The largest absolute Gasteiger partial charge is 0.465 e. The molecule has 5 rings (SSSR count). The Kier molecular flexibility index (Phi) is 7.10. The Morgan fingerprint density at radius 1 is 1.25 bits per heavy atom. The molecule has 13 heteroatoms. The summed E-state index contributed by atoms with van der Waals surface area (Å²) in [5, 5.41) is 30.5. The quantitative estimate of drug-likeness (QED) is 0.189. The fourth-order valence-electron chi connectivity index (χ4n) is 4.61. The lowest BCUT2D eigenvalue weighted by atomic mass is 9.96. The third-order valence-corrected chi connectivity index (χ3v) is 7.60. The van der Waals surface area contributed by atoms with Crippen molar-refractivity contribution in [3.05, 3.63) is 65.3 Å². The number of carbonyl (C=O) groups is 3. The number of nitrogens with one attached hydrogen (secondary N) is 3. The summed E-state index contributed by atoms with van der Waals surface area (Å²) in [5.41, 5.74) is 1.28. The number of thiophene rings is 1. The van der Waals surface area contributed by atoms with Gasteiger partial charge in [-0.25, -0.2) is 9.78 Å². The monoisotopic (exact) mass is 558 g/mol. The van der Waals surface area contributed by atoms with Crippen molar-refractivity contribution in [3.63, 3.8) is 0 Å². The smallest absolute Gasteiger partial charge is 0.405 e. The zero-order valence-electron chi connectivity index (χ0n) is 21.7. The number of aromatic amines is 1. The summed E-state index contributed by atoms with van der Waals surface area (Å²) in [6, 6.07) is 13.1. The maximum Gasteiger partial charge on any atom is 0.405 e. The van der Waals surface area contributed by atoms with E-state index in [-0.39, 0.29) is 17.4 Å². The van der Waals surface area contributed by atoms with E-state index in [1.165, 1.54) is 17.4 Å². The zero-order chi connectivity index (χ0) is 28.4. The van der Waals surface area contributed by atoms with Gasteiger partial charge < -0.3 is 19.9 Å². The van der Waals surface area contributed by atoms with Gasteiger partial charge in [0.2, 0.25) is 5.95 Å². The number of nitriles is 1. The molecule has 1 aliphatic rings. The molecule has 3 aromatic heterocycles. The fraction of sp³-hybridized carbons (Fsp3) is 0.259. The number of fused-ring (bicyclic) bond motifs is 1. The first-order valence-corrected chi connectivity index (χ1v) is 13.2. The molecule has 3 amide bonds. The number of amides is 3.